The Morgan fingerprint density at radius 2 is 1.78 bits per heavy atom. The molecule has 0 saturated heterocycles. The fourth-order valence-corrected chi connectivity index (χ4v) is 2.48. The van der Waals surface area contributed by atoms with E-state index in [1.54, 1.807) is 0 Å². The SMILES string of the molecule is CN(C1CC1)C(CN)c1ccc(C(C)(C)C)cc1. The first kappa shape index (κ1) is 13.6. The summed E-state index contributed by atoms with van der Waals surface area (Å²) in [6.45, 7) is 7.44. The van der Waals surface area contributed by atoms with E-state index in [9.17, 15) is 0 Å². The molecule has 1 aliphatic carbocycles. The van der Waals surface area contributed by atoms with Crippen molar-refractivity contribution in [1.29, 1.82) is 0 Å². The van der Waals surface area contributed by atoms with Crippen LogP contribution in [0.3, 0.4) is 0 Å². The zero-order valence-electron chi connectivity index (χ0n) is 12.1. The number of nitrogens with two attached hydrogens (primary N) is 1. The van der Waals surface area contributed by atoms with E-state index in [4.69, 9.17) is 5.73 Å². The third-order valence-electron chi connectivity index (χ3n) is 4.00. The smallest absolute Gasteiger partial charge is 0.0470 e. The molecule has 18 heavy (non-hydrogen) atoms. The number of likely N-dealkylation sites (N-methyl/N-ethyl adjacent to an activating group) is 1. The fraction of sp³-hybridized carbons (Fsp3) is 0.625. The first-order chi connectivity index (χ1) is 8.43. The van der Waals surface area contributed by atoms with Gasteiger partial charge in [0.15, 0.2) is 0 Å². The Morgan fingerprint density at radius 1 is 1.22 bits per heavy atom. The normalized spacial score (nSPS) is 18.1. The van der Waals surface area contributed by atoms with Crippen molar-refractivity contribution in [1.82, 2.24) is 4.90 Å². The molecule has 0 bridgehead atoms. The molecule has 100 valence electrons. The van der Waals surface area contributed by atoms with Crippen molar-refractivity contribution in [3.05, 3.63) is 35.4 Å². The molecule has 0 radical (unpaired) electrons. The van der Waals surface area contributed by atoms with Gasteiger partial charge in [0.25, 0.3) is 0 Å². The van der Waals surface area contributed by atoms with Gasteiger partial charge in [-0.15, -0.1) is 0 Å². The summed E-state index contributed by atoms with van der Waals surface area (Å²) in [5.41, 5.74) is 8.91. The predicted octanol–water partition coefficient (Wildman–Crippen LogP) is 3.08. The molecule has 0 amide bonds. The van der Waals surface area contributed by atoms with E-state index in [2.05, 4.69) is 57.0 Å². The molecule has 0 spiro atoms. The molecular weight excluding hydrogens is 220 g/mol. The summed E-state index contributed by atoms with van der Waals surface area (Å²) < 4.78 is 0. The third kappa shape index (κ3) is 2.93. The van der Waals surface area contributed by atoms with Crippen LogP contribution in [0.1, 0.15) is 50.8 Å². The van der Waals surface area contributed by atoms with E-state index in [0.717, 1.165) is 6.04 Å². The molecule has 1 saturated carbocycles. The lowest BCUT2D eigenvalue weighted by molar-refractivity contribution is 0.240. The van der Waals surface area contributed by atoms with E-state index < -0.39 is 0 Å². The quantitative estimate of drug-likeness (QED) is 0.884. The highest BCUT2D eigenvalue weighted by Gasteiger charge is 2.31. The van der Waals surface area contributed by atoms with Gasteiger partial charge in [-0.1, -0.05) is 45.0 Å². The minimum Gasteiger partial charge on any atom is -0.329 e. The lowest BCUT2D eigenvalue weighted by atomic mass is 9.86. The van der Waals surface area contributed by atoms with Crippen molar-refractivity contribution < 1.29 is 0 Å². The Bertz CT molecular complexity index is 385. The van der Waals surface area contributed by atoms with Gasteiger partial charge in [-0.3, -0.25) is 4.90 Å². The first-order valence-electron chi connectivity index (χ1n) is 6.96. The molecule has 1 atom stereocenters. The maximum Gasteiger partial charge on any atom is 0.0470 e. The van der Waals surface area contributed by atoms with Gasteiger partial charge >= 0.3 is 0 Å². The van der Waals surface area contributed by atoms with Crippen LogP contribution >= 0.6 is 0 Å². The summed E-state index contributed by atoms with van der Waals surface area (Å²) in [6, 6.07) is 10.1. The van der Waals surface area contributed by atoms with E-state index in [-0.39, 0.29) is 5.41 Å². The number of hydrogen-bond donors (Lipinski definition) is 1. The molecule has 2 nitrogen and oxygen atoms in total. The molecule has 1 fully saturated rings. The van der Waals surface area contributed by atoms with Crippen molar-refractivity contribution in [2.24, 2.45) is 5.73 Å². The monoisotopic (exact) mass is 246 g/mol. The average Bonchev–Trinajstić information content (AvgIpc) is 3.13. The second kappa shape index (κ2) is 5.02. The lowest BCUT2D eigenvalue weighted by Gasteiger charge is -2.28. The van der Waals surface area contributed by atoms with E-state index in [1.807, 2.05) is 0 Å². The molecule has 0 aliphatic heterocycles. The second-order valence-corrected chi connectivity index (χ2v) is 6.52. The van der Waals surface area contributed by atoms with Crippen LogP contribution in [0.25, 0.3) is 0 Å². The standard InChI is InChI=1S/C16H26N2/c1-16(2,3)13-7-5-12(6-8-13)15(11-17)18(4)14-9-10-14/h5-8,14-15H,9-11,17H2,1-4H3. The van der Waals surface area contributed by atoms with Crippen LogP contribution in [-0.2, 0) is 5.41 Å². The maximum atomic E-state index is 5.95. The number of rotatable bonds is 4. The number of nitrogens with zero attached hydrogens (tertiary/aromatic N) is 1. The Labute approximate surface area is 111 Å². The lowest BCUT2D eigenvalue weighted by Crippen LogP contribution is -2.32. The van der Waals surface area contributed by atoms with Gasteiger partial charge in [0.2, 0.25) is 0 Å². The predicted molar refractivity (Wildman–Crippen MR) is 77.7 cm³/mol. The van der Waals surface area contributed by atoms with Crippen molar-refractivity contribution >= 4 is 0 Å². The summed E-state index contributed by atoms with van der Waals surface area (Å²) >= 11 is 0. The fourth-order valence-electron chi connectivity index (χ4n) is 2.48. The second-order valence-electron chi connectivity index (χ2n) is 6.52. The van der Waals surface area contributed by atoms with Crippen LogP contribution in [0, 0.1) is 0 Å². The third-order valence-corrected chi connectivity index (χ3v) is 4.00. The zero-order chi connectivity index (χ0) is 13.3. The summed E-state index contributed by atoms with van der Waals surface area (Å²) in [6.07, 6.45) is 2.65. The highest BCUT2D eigenvalue weighted by Crippen LogP contribution is 2.33. The zero-order valence-corrected chi connectivity index (χ0v) is 12.1. The van der Waals surface area contributed by atoms with Crippen LogP contribution in [0.5, 0.6) is 0 Å². The van der Waals surface area contributed by atoms with Crippen molar-refractivity contribution in [2.75, 3.05) is 13.6 Å². The Balaban J connectivity index is 2.16. The van der Waals surface area contributed by atoms with Gasteiger partial charge in [0, 0.05) is 18.6 Å². The Morgan fingerprint density at radius 3 is 2.17 bits per heavy atom. The van der Waals surface area contributed by atoms with Crippen molar-refractivity contribution in [2.45, 2.75) is 51.1 Å². The van der Waals surface area contributed by atoms with Crippen LogP contribution in [-0.4, -0.2) is 24.5 Å². The number of benzene rings is 1. The van der Waals surface area contributed by atoms with Crippen LogP contribution in [0.4, 0.5) is 0 Å². The van der Waals surface area contributed by atoms with Crippen LogP contribution in [0.2, 0.25) is 0 Å². The highest BCUT2D eigenvalue weighted by atomic mass is 15.2. The first-order valence-corrected chi connectivity index (χ1v) is 6.96. The molecule has 2 N–H and O–H groups in total. The molecule has 0 heterocycles. The molecular formula is C16H26N2. The maximum absolute atomic E-state index is 5.95. The molecule has 1 aromatic rings. The molecule has 2 rings (SSSR count). The molecule has 1 aromatic carbocycles. The van der Waals surface area contributed by atoms with Gasteiger partial charge in [-0.05, 0) is 36.4 Å². The summed E-state index contributed by atoms with van der Waals surface area (Å²) in [4.78, 5) is 2.44. The van der Waals surface area contributed by atoms with E-state index in [0.29, 0.717) is 12.6 Å². The van der Waals surface area contributed by atoms with Crippen molar-refractivity contribution in [3.8, 4) is 0 Å². The molecule has 0 aromatic heterocycles. The van der Waals surface area contributed by atoms with E-state index in [1.165, 1.54) is 24.0 Å². The largest absolute Gasteiger partial charge is 0.329 e. The summed E-state index contributed by atoms with van der Waals surface area (Å²) in [5.74, 6) is 0. The molecule has 1 aliphatic rings. The van der Waals surface area contributed by atoms with Gasteiger partial charge in [0.05, 0.1) is 0 Å². The summed E-state index contributed by atoms with van der Waals surface area (Å²) in [5, 5.41) is 0. The number of hydrogen-bond acceptors (Lipinski definition) is 2. The van der Waals surface area contributed by atoms with Gasteiger partial charge < -0.3 is 5.73 Å². The Kier molecular flexibility index (Phi) is 3.79. The summed E-state index contributed by atoms with van der Waals surface area (Å²) in [7, 11) is 2.20. The van der Waals surface area contributed by atoms with Gasteiger partial charge in [0.1, 0.15) is 0 Å². The minimum absolute atomic E-state index is 0.221. The molecule has 1 unspecified atom stereocenters. The highest BCUT2D eigenvalue weighted by molar-refractivity contribution is 5.29. The molecule has 2 heteroatoms. The van der Waals surface area contributed by atoms with Gasteiger partial charge in [-0.2, -0.15) is 0 Å². The minimum atomic E-state index is 0.221. The van der Waals surface area contributed by atoms with Crippen molar-refractivity contribution in [3.63, 3.8) is 0 Å². The van der Waals surface area contributed by atoms with E-state index >= 15 is 0 Å². The van der Waals surface area contributed by atoms with Gasteiger partial charge in [-0.25, -0.2) is 0 Å². The topological polar surface area (TPSA) is 29.3 Å². The average molecular weight is 246 g/mol. The van der Waals surface area contributed by atoms with Crippen LogP contribution < -0.4 is 5.73 Å². The Hall–Kier alpha value is -0.860. The van der Waals surface area contributed by atoms with Crippen LogP contribution in [0.15, 0.2) is 24.3 Å².